The van der Waals surface area contributed by atoms with Crippen LogP contribution in [-0.2, 0) is 19.6 Å². The molecule has 2 aliphatic heterocycles. The van der Waals surface area contributed by atoms with Gasteiger partial charge in [-0.05, 0) is 30.3 Å². The van der Waals surface area contributed by atoms with Crippen molar-refractivity contribution >= 4 is 50.5 Å². The van der Waals surface area contributed by atoms with E-state index in [-0.39, 0.29) is 36.9 Å². The number of nitrogens with one attached hydrogen (secondary N) is 1. The number of hydrogen-bond acceptors (Lipinski definition) is 5. The molecule has 2 amide bonds. The molecule has 1 N–H and O–H groups in total. The molecule has 10 heteroatoms. The number of halogens is 1. The topological polar surface area (TPSA) is 96.0 Å². The number of ether oxygens (including phenoxy) is 1. The quantitative estimate of drug-likeness (QED) is 0.780. The van der Waals surface area contributed by atoms with Gasteiger partial charge in [0, 0.05) is 18.0 Å². The van der Waals surface area contributed by atoms with E-state index >= 15 is 0 Å². The van der Waals surface area contributed by atoms with Crippen LogP contribution in [0.2, 0.25) is 5.02 Å². The summed E-state index contributed by atoms with van der Waals surface area (Å²) >= 11 is 6.04. The highest BCUT2D eigenvalue weighted by molar-refractivity contribution is 7.92. The SMILES string of the molecule is CS(=O)(=O)N1CCC(C(=O)N2CC(=O)Nc3ccccc32)Oc2ccc(Cl)cc21. The van der Waals surface area contributed by atoms with Crippen molar-refractivity contribution in [2.45, 2.75) is 12.5 Å². The fraction of sp³-hybridized carbons (Fsp3) is 0.263. The number of hydrogen-bond donors (Lipinski definition) is 1. The molecule has 29 heavy (non-hydrogen) atoms. The van der Waals surface area contributed by atoms with Crippen molar-refractivity contribution in [2.75, 3.05) is 33.9 Å². The van der Waals surface area contributed by atoms with E-state index in [0.29, 0.717) is 16.4 Å². The van der Waals surface area contributed by atoms with E-state index in [1.54, 1.807) is 30.3 Å². The van der Waals surface area contributed by atoms with Crippen molar-refractivity contribution in [3.63, 3.8) is 0 Å². The lowest BCUT2D eigenvalue weighted by Crippen LogP contribution is -2.48. The summed E-state index contributed by atoms with van der Waals surface area (Å²) in [5.74, 6) is -0.482. The third-order valence-electron chi connectivity index (χ3n) is 4.77. The van der Waals surface area contributed by atoms with E-state index in [9.17, 15) is 18.0 Å². The first-order chi connectivity index (χ1) is 13.7. The van der Waals surface area contributed by atoms with Crippen LogP contribution in [0.1, 0.15) is 6.42 Å². The average Bonchev–Trinajstić information content (AvgIpc) is 2.86. The summed E-state index contributed by atoms with van der Waals surface area (Å²) in [5, 5.41) is 3.09. The molecule has 0 aliphatic carbocycles. The van der Waals surface area contributed by atoms with Crippen molar-refractivity contribution in [3.8, 4) is 5.75 Å². The molecule has 0 bridgehead atoms. The van der Waals surface area contributed by atoms with Crippen molar-refractivity contribution < 1.29 is 22.7 Å². The first kappa shape index (κ1) is 19.5. The number of fused-ring (bicyclic) bond motifs is 2. The molecule has 2 aliphatic rings. The number of para-hydroxylation sites is 2. The van der Waals surface area contributed by atoms with Gasteiger partial charge in [-0.3, -0.25) is 18.8 Å². The van der Waals surface area contributed by atoms with Gasteiger partial charge >= 0.3 is 0 Å². The molecule has 1 unspecified atom stereocenters. The Morgan fingerprint density at radius 1 is 1.21 bits per heavy atom. The minimum Gasteiger partial charge on any atom is -0.478 e. The van der Waals surface area contributed by atoms with Gasteiger partial charge in [0.1, 0.15) is 12.3 Å². The molecule has 1 atom stereocenters. The molecule has 0 saturated heterocycles. The van der Waals surface area contributed by atoms with Crippen LogP contribution < -0.4 is 19.3 Å². The molecular formula is C19H18ClN3O5S. The number of anilines is 3. The zero-order chi connectivity index (χ0) is 20.8. The number of carbonyl (C=O) groups is 2. The zero-order valence-corrected chi connectivity index (χ0v) is 17.0. The molecule has 4 rings (SSSR count). The van der Waals surface area contributed by atoms with Crippen LogP contribution in [0.4, 0.5) is 17.1 Å². The standard InChI is InChI=1S/C19H18ClN3O5S/c1-29(26,27)23-9-8-17(28-16-7-6-12(20)10-15(16)23)19(25)22-11-18(24)21-13-4-2-3-5-14(13)22/h2-7,10,17H,8-9,11H2,1H3,(H,21,24). The summed E-state index contributed by atoms with van der Waals surface area (Å²) in [5.41, 5.74) is 1.39. The Morgan fingerprint density at radius 3 is 2.72 bits per heavy atom. The lowest BCUT2D eigenvalue weighted by Gasteiger charge is -2.31. The smallest absolute Gasteiger partial charge is 0.268 e. The van der Waals surface area contributed by atoms with Gasteiger partial charge in [0.15, 0.2) is 6.10 Å². The lowest BCUT2D eigenvalue weighted by molar-refractivity contribution is -0.127. The van der Waals surface area contributed by atoms with Crippen LogP contribution in [0.15, 0.2) is 42.5 Å². The summed E-state index contributed by atoms with van der Waals surface area (Å²) in [6.45, 7) is -0.0940. The lowest BCUT2D eigenvalue weighted by atomic mass is 10.1. The number of amides is 2. The minimum absolute atomic E-state index is 0.0459. The third-order valence-corrected chi connectivity index (χ3v) is 6.18. The summed E-state index contributed by atoms with van der Waals surface area (Å²) in [6.07, 6.45) is 0.254. The normalized spacial score (nSPS) is 18.8. The minimum atomic E-state index is -3.61. The number of carbonyl (C=O) groups excluding carboxylic acids is 2. The van der Waals surface area contributed by atoms with Gasteiger partial charge in [-0.2, -0.15) is 0 Å². The number of benzene rings is 2. The van der Waals surface area contributed by atoms with Gasteiger partial charge in [0.05, 0.1) is 23.3 Å². The monoisotopic (exact) mass is 435 g/mol. The highest BCUT2D eigenvalue weighted by Crippen LogP contribution is 2.37. The molecule has 2 heterocycles. The third kappa shape index (κ3) is 3.75. The van der Waals surface area contributed by atoms with Crippen LogP contribution in [0.25, 0.3) is 0 Å². The van der Waals surface area contributed by atoms with E-state index in [2.05, 4.69) is 5.32 Å². The van der Waals surface area contributed by atoms with Crippen molar-refractivity contribution in [3.05, 3.63) is 47.5 Å². The predicted octanol–water partition coefficient (Wildman–Crippen LogP) is 2.24. The van der Waals surface area contributed by atoms with E-state index in [1.807, 2.05) is 0 Å². The maximum atomic E-state index is 13.3. The van der Waals surface area contributed by atoms with Gasteiger partial charge in [-0.15, -0.1) is 0 Å². The second kappa shape index (κ2) is 7.23. The van der Waals surface area contributed by atoms with E-state index in [4.69, 9.17) is 16.3 Å². The number of sulfonamides is 1. The molecule has 0 spiro atoms. The Bertz CT molecular complexity index is 1100. The molecule has 2 aromatic carbocycles. The first-order valence-electron chi connectivity index (χ1n) is 8.88. The predicted molar refractivity (Wildman–Crippen MR) is 110 cm³/mol. The molecule has 0 fully saturated rings. The van der Waals surface area contributed by atoms with Crippen LogP contribution in [0.3, 0.4) is 0 Å². The second-order valence-electron chi connectivity index (χ2n) is 6.83. The molecule has 0 radical (unpaired) electrons. The van der Waals surface area contributed by atoms with Gasteiger partial charge in [0.2, 0.25) is 15.9 Å². The van der Waals surface area contributed by atoms with Crippen molar-refractivity contribution in [1.29, 1.82) is 0 Å². The molecule has 0 aromatic heterocycles. The number of nitrogens with zero attached hydrogens (tertiary/aromatic N) is 2. The van der Waals surface area contributed by atoms with Crippen LogP contribution in [0.5, 0.6) is 5.75 Å². The van der Waals surface area contributed by atoms with E-state index in [1.165, 1.54) is 21.3 Å². The van der Waals surface area contributed by atoms with Crippen LogP contribution >= 0.6 is 11.6 Å². The summed E-state index contributed by atoms with van der Waals surface area (Å²) in [7, 11) is -3.61. The van der Waals surface area contributed by atoms with Crippen molar-refractivity contribution in [1.82, 2.24) is 0 Å². The summed E-state index contributed by atoms with van der Waals surface area (Å²) < 4.78 is 31.6. The van der Waals surface area contributed by atoms with Gasteiger partial charge in [-0.25, -0.2) is 8.42 Å². The van der Waals surface area contributed by atoms with Crippen LogP contribution in [0, 0.1) is 0 Å². The Morgan fingerprint density at radius 2 is 1.97 bits per heavy atom. The molecule has 0 saturated carbocycles. The molecular weight excluding hydrogens is 418 g/mol. The summed E-state index contributed by atoms with van der Waals surface area (Å²) in [6, 6.07) is 11.6. The van der Waals surface area contributed by atoms with Gasteiger partial charge in [-0.1, -0.05) is 23.7 Å². The Hall–Kier alpha value is -2.78. The van der Waals surface area contributed by atoms with E-state index in [0.717, 1.165) is 6.26 Å². The highest BCUT2D eigenvalue weighted by atomic mass is 35.5. The Balaban J connectivity index is 1.70. The second-order valence-corrected chi connectivity index (χ2v) is 9.18. The van der Waals surface area contributed by atoms with Gasteiger partial charge in [0.25, 0.3) is 5.91 Å². The first-order valence-corrected chi connectivity index (χ1v) is 11.1. The maximum absolute atomic E-state index is 13.3. The molecule has 152 valence electrons. The molecule has 8 nitrogen and oxygen atoms in total. The van der Waals surface area contributed by atoms with E-state index < -0.39 is 22.0 Å². The highest BCUT2D eigenvalue weighted by Gasteiger charge is 2.36. The average molecular weight is 436 g/mol. The Kier molecular flexibility index (Phi) is 4.87. The van der Waals surface area contributed by atoms with Gasteiger partial charge < -0.3 is 10.1 Å². The zero-order valence-electron chi connectivity index (χ0n) is 15.5. The largest absolute Gasteiger partial charge is 0.478 e. The summed E-state index contributed by atoms with van der Waals surface area (Å²) in [4.78, 5) is 26.7. The van der Waals surface area contributed by atoms with Crippen molar-refractivity contribution in [2.24, 2.45) is 0 Å². The Labute approximate surface area is 173 Å². The van der Waals surface area contributed by atoms with Crippen LogP contribution in [-0.4, -0.2) is 45.7 Å². The number of rotatable bonds is 2. The fourth-order valence-electron chi connectivity index (χ4n) is 3.47. The maximum Gasteiger partial charge on any atom is 0.268 e. The fourth-order valence-corrected chi connectivity index (χ4v) is 4.58. The molecule has 2 aromatic rings.